The van der Waals surface area contributed by atoms with Crippen molar-refractivity contribution in [1.29, 1.82) is 0 Å². The smallest absolute Gasteiger partial charge is 0.271 e. The van der Waals surface area contributed by atoms with E-state index in [-0.39, 0.29) is 34.4 Å². The van der Waals surface area contributed by atoms with Crippen LogP contribution < -0.4 is 10.0 Å². The largest absolute Gasteiger partial charge is 0.395 e. The molecule has 2 rings (SSSR count). The van der Waals surface area contributed by atoms with Gasteiger partial charge in [0.2, 0.25) is 0 Å². The highest BCUT2D eigenvalue weighted by atomic mass is 35.5. The molecule has 0 saturated heterocycles. The highest BCUT2D eigenvalue weighted by Gasteiger charge is 2.21. The Morgan fingerprint density at radius 2 is 1.92 bits per heavy atom. The van der Waals surface area contributed by atoms with Gasteiger partial charge in [-0.3, -0.25) is 14.8 Å². The Morgan fingerprint density at radius 3 is 2.52 bits per heavy atom. The maximum Gasteiger partial charge on any atom is 0.271 e. The molecular formula is C15H16ClN3O5S. The van der Waals surface area contributed by atoms with Gasteiger partial charge in [-0.1, -0.05) is 17.7 Å². The number of hydrogen-bond donors (Lipinski definition) is 3. The molecule has 8 nitrogen and oxygen atoms in total. The molecule has 2 aromatic rings. The van der Waals surface area contributed by atoms with Gasteiger partial charge >= 0.3 is 0 Å². The zero-order valence-electron chi connectivity index (χ0n) is 13.2. The second-order valence-corrected chi connectivity index (χ2v) is 7.23. The average Bonchev–Trinajstić information content (AvgIpc) is 2.52. The van der Waals surface area contributed by atoms with Crippen molar-refractivity contribution in [2.24, 2.45) is 0 Å². The molecule has 2 aromatic carbocycles. The van der Waals surface area contributed by atoms with Crippen LogP contribution in [0, 0.1) is 17.0 Å². The molecule has 0 radical (unpaired) electrons. The molecule has 0 spiro atoms. The number of halogens is 1. The maximum absolute atomic E-state index is 12.6. The summed E-state index contributed by atoms with van der Waals surface area (Å²) in [5.41, 5.74) is 0.803. The second kappa shape index (κ2) is 7.68. The molecule has 0 atom stereocenters. The van der Waals surface area contributed by atoms with Gasteiger partial charge in [-0.25, -0.2) is 8.42 Å². The zero-order valence-corrected chi connectivity index (χ0v) is 14.8. The Labute approximate surface area is 149 Å². The number of aliphatic hydroxyl groups excluding tert-OH is 1. The lowest BCUT2D eigenvalue weighted by Gasteiger charge is -2.14. The quantitative estimate of drug-likeness (QED) is 0.497. The minimum Gasteiger partial charge on any atom is -0.395 e. The predicted octanol–water partition coefficient (Wildman–Crippen LogP) is 2.76. The molecule has 0 aliphatic heterocycles. The fourth-order valence-electron chi connectivity index (χ4n) is 2.10. The average molecular weight is 386 g/mol. The standard InChI is InChI=1S/C15H16ClN3O5S/c1-10-2-5-15(12(16)8-10)25(23,24)18-14-9-11(19(21)22)3-4-13(14)17-6-7-20/h2-5,8-9,17-18,20H,6-7H2,1H3. The molecule has 0 heterocycles. The van der Waals surface area contributed by atoms with Crippen LogP contribution in [0.3, 0.4) is 0 Å². The first-order valence-corrected chi connectivity index (χ1v) is 9.03. The predicted molar refractivity (Wildman–Crippen MR) is 95.7 cm³/mol. The van der Waals surface area contributed by atoms with Crippen LogP contribution in [-0.4, -0.2) is 31.6 Å². The fourth-order valence-corrected chi connectivity index (χ4v) is 3.77. The third-order valence-corrected chi connectivity index (χ3v) is 5.11. The van der Waals surface area contributed by atoms with Crippen LogP contribution in [0.4, 0.5) is 17.1 Å². The van der Waals surface area contributed by atoms with Gasteiger partial charge in [-0.2, -0.15) is 0 Å². The third-order valence-electron chi connectivity index (χ3n) is 3.26. The van der Waals surface area contributed by atoms with E-state index in [1.807, 2.05) is 0 Å². The number of nitro groups is 1. The van der Waals surface area contributed by atoms with Crippen molar-refractivity contribution in [3.05, 3.63) is 57.1 Å². The Bertz CT molecular complexity index is 902. The van der Waals surface area contributed by atoms with Crippen molar-refractivity contribution in [3.63, 3.8) is 0 Å². The molecule has 3 N–H and O–H groups in total. The third kappa shape index (κ3) is 4.59. The molecule has 134 valence electrons. The molecule has 25 heavy (non-hydrogen) atoms. The Kier molecular flexibility index (Phi) is 5.83. The molecule has 0 bridgehead atoms. The van der Waals surface area contributed by atoms with E-state index in [0.29, 0.717) is 5.69 Å². The Balaban J connectivity index is 2.45. The number of aliphatic hydroxyl groups is 1. The van der Waals surface area contributed by atoms with E-state index in [2.05, 4.69) is 10.0 Å². The summed E-state index contributed by atoms with van der Waals surface area (Å²) in [4.78, 5) is 10.2. The van der Waals surface area contributed by atoms with E-state index in [1.165, 1.54) is 24.3 Å². The monoisotopic (exact) mass is 385 g/mol. The van der Waals surface area contributed by atoms with Gasteiger partial charge in [-0.15, -0.1) is 0 Å². The van der Waals surface area contributed by atoms with Crippen LogP contribution in [0.5, 0.6) is 0 Å². The highest BCUT2D eigenvalue weighted by Crippen LogP contribution is 2.31. The zero-order chi connectivity index (χ0) is 18.6. The number of hydrogen-bond acceptors (Lipinski definition) is 6. The molecule has 0 fully saturated rings. The van der Waals surface area contributed by atoms with Crippen molar-refractivity contribution in [2.75, 3.05) is 23.2 Å². The maximum atomic E-state index is 12.6. The number of aryl methyl sites for hydroxylation is 1. The normalized spacial score (nSPS) is 11.2. The summed E-state index contributed by atoms with van der Waals surface area (Å²) < 4.78 is 27.5. The van der Waals surface area contributed by atoms with Gasteiger partial charge in [0.05, 0.1) is 27.9 Å². The number of nitro benzene ring substituents is 1. The lowest BCUT2D eigenvalue weighted by Crippen LogP contribution is -2.16. The van der Waals surface area contributed by atoms with Crippen LogP contribution in [0.15, 0.2) is 41.3 Å². The van der Waals surface area contributed by atoms with Crippen LogP contribution in [-0.2, 0) is 10.0 Å². The lowest BCUT2D eigenvalue weighted by molar-refractivity contribution is -0.384. The van der Waals surface area contributed by atoms with Crippen LogP contribution >= 0.6 is 11.6 Å². The van der Waals surface area contributed by atoms with Gasteiger partial charge in [0, 0.05) is 18.7 Å². The van der Waals surface area contributed by atoms with Crippen LogP contribution in [0.2, 0.25) is 5.02 Å². The van der Waals surface area contributed by atoms with Gasteiger partial charge in [0.25, 0.3) is 15.7 Å². The first kappa shape index (κ1) is 19.0. The highest BCUT2D eigenvalue weighted by molar-refractivity contribution is 7.92. The van der Waals surface area contributed by atoms with E-state index in [0.717, 1.165) is 11.6 Å². The Hall–Kier alpha value is -2.36. The summed E-state index contributed by atoms with van der Waals surface area (Å²) in [6.07, 6.45) is 0. The van der Waals surface area contributed by atoms with Gasteiger partial charge < -0.3 is 10.4 Å². The van der Waals surface area contributed by atoms with Crippen molar-refractivity contribution in [1.82, 2.24) is 0 Å². The summed E-state index contributed by atoms with van der Waals surface area (Å²) in [6, 6.07) is 8.16. The summed E-state index contributed by atoms with van der Waals surface area (Å²) in [5.74, 6) is 0. The van der Waals surface area contributed by atoms with Crippen molar-refractivity contribution in [2.45, 2.75) is 11.8 Å². The number of anilines is 2. The molecule has 10 heteroatoms. The topological polar surface area (TPSA) is 122 Å². The Morgan fingerprint density at radius 1 is 1.20 bits per heavy atom. The van der Waals surface area contributed by atoms with E-state index < -0.39 is 14.9 Å². The number of nitrogens with one attached hydrogen (secondary N) is 2. The SMILES string of the molecule is Cc1ccc(S(=O)(=O)Nc2cc([N+](=O)[O-])ccc2NCCO)c(Cl)c1. The summed E-state index contributed by atoms with van der Waals surface area (Å²) >= 11 is 6.01. The molecule has 0 aliphatic rings. The van der Waals surface area contributed by atoms with Crippen molar-refractivity contribution >= 4 is 38.7 Å². The van der Waals surface area contributed by atoms with Crippen LogP contribution in [0.25, 0.3) is 0 Å². The molecule has 0 aliphatic carbocycles. The summed E-state index contributed by atoms with van der Waals surface area (Å²) in [7, 11) is -4.06. The molecule has 0 unspecified atom stereocenters. The lowest BCUT2D eigenvalue weighted by atomic mass is 10.2. The molecular weight excluding hydrogens is 370 g/mol. The van der Waals surface area contributed by atoms with E-state index >= 15 is 0 Å². The molecule has 0 amide bonds. The fraction of sp³-hybridized carbons (Fsp3) is 0.200. The molecule has 0 saturated carbocycles. The minimum atomic E-state index is -4.06. The van der Waals surface area contributed by atoms with Crippen molar-refractivity contribution < 1.29 is 18.4 Å². The van der Waals surface area contributed by atoms with E-state index in [4.69, 9.17) is 16.7 Å². The number of sulfonamides is 1. The van der Waals surface area contributed by atoms with Gasteiger partial charge in [-0.05, 0) is 30.7 Å². The van der Waals surface area contributed by atoms with Crippen molar-refractivity contribution in [3.8, 4) is 0 Å². The van der Waals surface area contributed by atoms with Gasteiger partial charge in [0.1, 0.15) is 4.90 Å². The number of nitrogens with zero attached hydrogens (tertiary/aromatic N) is 1. The first-order chi connectivity index (χ1) is 11.7. The van der Waals surface area contributed by atoms with Crippen LogP contribution in [0.1, 0.15) is 5.56 Å². The summed E-state index contributed by atoms with van der Waals surface area (Å²) in [5, 5.41) is 22.7. The van der Waals surface area contributed by atoms with Gasteiger partial charge in [0.15, 0.2) is 0 Å². The number of rotatable bonds is 7. The number of non-ortho nitro benzene ring substituents is 1. The van der Waals surface area contributed by atoms with E-state index in [1.54, 1.807) is 13.0 Å². The minimum absolute atomic E-state index is 0.0145. The van der Waals surface area contributed by atoms with E-state index in [9.17, 15) is 18.5 Å². The second-order valence-electron chi connectivity index (χ2n) is 5.18. The molecule has 0 aromatic heterocycles. The first-order valence-electron chi connectivity index (χ1n) is 7.17. The summed E-state index contributed by atoms with van der Waals surface area (Å²) in [6.45, 7) is 1.73. The number of benzene rings is 2.